The van der Waals surface area contributed by atoms with Gasteiger partial charge in [-0.05, 0) is 42.7 Å². The highest BCUT2D eigenvalue weighted by Crippen LogP contribution is 2.45. The van der Waals surface area contributed by atoms with E-state index in [0.717, 1.165) is 49.3 Å². The number of benzene rings is 1. The van der Waals surface area contributed by atoms with Gasteiger partial charge in [0, 0.05) is 61.5 Å². The number of hydrogen-bond acceptors (Lipinski definition) is 7. The van der Waals surface area contributed by atoms with Crippen molar-refractivity contribution in [1.82, 2.24) is 29.6 Å². The fourth-order valence-electron chi connectivity index (χ4n) is 5.77. The number of aromatic nitrogens is 5. The molecule has 182 valence electrons. The molecule has 3 aromatic rings. The van der Waals surface area contributed by atoms with Crippen LogP contribution in [0.15, 0.2) is 36.7 Å². The monoisotopic (exact) mass is 498 g/mol. The van der Waals surface area contributed by atoms with Crippen molar-refractivity contribution in [3.05, 3.63) is 53.1 Å². The highest BCUT2D eigenvalue weighted by molar-refractivity contribution is 6.30. The van der Waals surface area contributed by atoms with Gasteiger partial charge >= 0.3 is 0 Å². The summed E-state index contributed by atoms with van der Waals surface area (Å²) in [6, 6.07) is 7.48. The molecule has 0 N–H and O–H groups in total. The minimum absolute atomic E-state index is 0.192. The molecule has 5 heterocycles. The molecule has 1 saturated carbocycles. The number of halogens is 3. The normalized spacial score (nSPS) is 21.2. The molecule has 11 heteroatoms. The summed E-state index contributed by atoms with van der Waals surface area (Å²) in [5.74, 6) is -0.986. The summed E-state index contributed by atoms with van der Waals surface area (Å²) in [7, 11) is 0. The average Bonchev–Trinajstić information content (AvgIpc) is 3.58. The molecule has 7 rings (SSSR count). The molecule has 2 aromatic heterocycles. The highest BCUT2D eigenvalue weighted by atomic mass is 35.5. The summed E-state index contributed by atoms with van der Waals surface area (Å²) in [5, 5.41) is 9.57. The van der Waals surface area contributed by atoms with Gasteiger partial charge < -0.3 is 9.80 Å². The summed E-state index contributed by atoms with van der Waals surface area (Å²) in [6.45, 7) is 3.98. The number of rotatable bonds is 5. The molecule has 3 fully saturated rings. The van der Waals surface area contributed by atoms with Gasteiger partial charge in [0.25, 0.3) is 5.92 Å². The maximum atomic E-state index is 14.7. The van der Waals surface area contributed by atoms with Crippen LogP contribution < -0.4 is 9.80 Å². The van der Waals surface area contributed by atoms with Crippen molar-refractivity contribution in [3.63, 3.8) is 0 Å². The lowest BCUT2D eigenvalue weighted by Gasteiger charge is -2.60. The van der Waals surface area contributed by atoms with Crippen LogP contribution in [0.2, 0.25) is 5.02 Å². The largest absolute Gasteiger partial charge is 0.339 e. The maximum absolute atomic E-state index is 14.7. The lowest BCUT2D eigenvalue weighted by atomic mass is 9.73. The van der Waals surface area contributed by atoms with Gasteiger partial charge in [-0.25, -0.2) is 18.7 Å². The molecule has 1 spiro atoms. The van der Waals surface area contributed by atoms with E-state index in [1.165, 1.54) is 0 Å². The van der Waals surface area contributed by atoms with Crippen molar-refractivity contribution in [2.24, 2.45) is 11.3 Å². The SMILES string of the molecule is FC(F)(CN1Cc2cc(Cl)ccc2-n2c(nnc2N2CC3(CN(c4ncccn4)C3)C2)C1)C1CC1. The fraction of sp³-hybridized carbons (Fsp3) is 0.500. The molecular weight excluding hydrogens is 474 g/mol. The third-order valence-electron chi connectivity index (χ3n) is 7.59. The second-order valence-electron chi connectivity index (χ2n) is 10.5. The zero-order chi connectivity index (χ0) is 23.8. The van der Waals surface area contributed by atoms with E-state index in [2.05, 4.69) is 30.0 Å². The Hall–Kier alpha value is -2.85. The zero-order valence-electron chi connectivity index (χ0n) is 19.1. The summed E-state index contributed by atoms with van der Waals surface area (Å²) in [5.41, 5.74) is 2.02. The molecule has 0 unspecified atom stereocenters. The lowest BCUT2D eigenvalue weighted by Crippen LogP contribution is -2.73. The van der Waals surface area contributed by atoms with Crippen molar-refractivity contribution in [3.8, 4) is 5.69 Å². The molecule has 8 nitrogen and oxygen atoms in total. The smallest absolute Gasteiger partial charge is 0.263 e. The summed E-state index contributed by atoms with van der Waals surface area (Å²) < 4.78 is 31.4. The fourth-order valence-corrected chi connectivity index (χ4v) is 5.96. The van der Waals surface area contributed by atoms with E-state index in [-0.39, 0.29) is 12.0 Å². The third kappa shape index (κ3) is 3.65. The summed E-state index contributed by atoms with van der Waals surface area (Å²) >= 11 is 6.31. The second kappa shape index (κ2) is 7.57. The number of alkyl halides is 2. The average molecular weight is 499 g/mol. The standard InChI is InChI=1S/C24H25ClF2N8/c25-18-4-5-19-16(8-18)9-32(15-24(26,27)17-2-3-17)10-20-30-31-22(35(19)20)34-13-23(14-34)11-33(12-23)21-28-6-1-7-29-21/h1,4-8,17H,2-3,9-15H2. The predicted molar refractivity (Wildman–Crippen MR) is 127 cm³/mol. The molecule has 0 radical (unpaired) electrons. The van der Waals surface area contributed by atoms with E-state index >= 15 is 0 Å². The Bertz CT molecular complexity index is 1260. The van der Waals surface area contributed by atoms with Crippen LogP contribution in [0.1, 0.15) is 24.2 Å². The van der Waals surface area contributed by atoms with Gasteiger partial charge in [0.05, 0.1) is 18.8 Å². The van der Waals surface area contributed by atoms with Gasteiger partial charge in [0.1, 0.15) is 0 Å². The van der Waals surface area contributed by atoms with E-state index in [0.29, 0.717) is 36.8 Å². The quantitative estimate of drug-likeness (QED) is 0.534. The summed E-state index contributed by atoms with van der Waals surface area (Å²) in [6.07, 6.45) is 4.74. The number of hydrogen-bond donors (Lipinski definition) is 0. The molecule has 1 aromatic carbocycles. The minimum atomic E-state index is -2.70. The Kier molecular flexibility index (Phi) is 4.64. The Balaban J connectivity index is 1.14. The van der Waals surface area contributed by atoms with Crippen LogP contribution in [0.4, 0.5) is 20.7 Å². The highest BCUT2D eigenvalue weighted by Gasteiger charge is 2.54. The van der Waals surface area contributed by atoms with E-state index in [1.54, 1.807) is 17.3 Å². The Morgan fingerprint density at radius 1 is 1.00 bits per heavy atom. The molecule has 0 amide bonds. The van der Waals surface area contributed by atoms with Crippen molar-refractivity contribution in [2.45, 2.75) is 31.9 Å². The first-order valence-electron chi connectivity index (χ1n) is 12.0. The van der Waals surface area contributed by atoms with Crippen LogP contribution in [0.5, 0.6) is 0 Å². The molecule has 4 aliphatic rings. The van der Waals surface area contributed by atoms with Gasteiger partial charge in [-0.2, -0.15) is 0 Å². The number of nitrogens with zero attached hydrogens (tertiary/aromatic N) is 8. The Labute approximate surface area is 206 Å². The molecule has 35 heavy (non-hydrogen) atoms. The predicted octanol–water partition coefficient (Wildman–Crippen LogP) is 3.40. The van der Waals surface area contributed by atoms with Crippen molar-refractivity contribution >= 4 is 23.5 Å². The van der Waals surface area contributed by atoms with E-state index in [9.17, 15) is 8.78 Å². The van der Waals surface area contributed by atoms with Gasteiger partial charge in [-0.3, -0.25) is 9.47 Å². The van der Waals surface area contributed by atoms with Crippen LogP contribution >= 0.6 is 11.6 Å². The van der Waals surface area contributed by atoms with E-state index in [4.69, 9.17) is 11.6 Å². The molecule has 0 bridgehead atoms. The Morgan fingerprint density at radius 3 is 2.49 bits per heavy atom. The molecular formula is C24H25ClF2N8. The summed E-state index contributed by atoms with van der Waals surface area (Å²) in [4.78, 5) is 14.9. The van der Waals surface area contributed by atoms with Gasteiger partial charge in [-0.1, -0.05) is 11.6 Å². The molecule has 3 aliphatic heterocycles. The van der Waals surface area contributed by atoms with Crippen LogP contribution in [0.25, 0.3) is 5.69 Å². The van der Waals surface area contributed by atoms with Crippen LogP contribution in [0, 0.1) is 11.3 Å². The van der Waals surface area contributed by atoms with Gasteiger partial charge in [-0.15, -0.1) is 10.2 Å². The first kappa shape index (κ1) is 21.4. The third-order valence-corrected chi connectivity index (χ3v) is 7.82. The lowest BCUT2D eigenvalue weighted by molar-refractivity contribution is -0.0558. The first-order valence-corrected chi connectivity index (χ1v) is 12.4. The first-order chi connectivity index (χ1) is 16.9. The van der Waals surface area contributed by atoms with E-state index in [1.807, 2.05) is 28.8 Å². The van der Waals surface area contributed by atoms with E-state index < -0.39 is 11.8 Å². The number of fused-ring (bicyclic) bond motifs is 3. The van der Waals surface area contributed by atoms with Crippen LogP contribution in [0.3, 0.4) is 0 Å². The molecule has 0 atom stereocenters. The Morgan fingerprint density at radius 2 is 1.74 bits per heavy atom. The van der Waals surface area contributed by atoms with Crippen LogP contribution in [-0.2, 0) is 13.1 Å². The van der Waals surface area contributed by atoms with Gasteiger partial charge in [0.2, 0.25) is 11.9 Å². The topological polar surface area (TPSA) is 66.2 Å². The van der Waals surface area contributed by atoms with Crippen molar-refractivity contribution < 1.29 is 8.78 Å². The van der Waals surface area contributed by atoms with Crippen molar-refractivity contribution in [2.75, 3.05) is 42.5 Å². The van der Waals surface area contributed by atoms with Crippen molar-refractivity contribution in [1.29, 1.82) is 0 Å². The second-order valence-corrected chi connectivity index (χ2v) is 10.9. The molecule has 2 saturated heterocycles. The van der Waals surface area contributed by atoms with Gasteiger partial charge in [0.15, 0.2) is 5.82 Å². The zero-order valence-corrected chi connectivity index (χ0v) is 19.9. The number of anilines is 2. The maximum Gasteiger partial charge on any atom is 0.263 e. The van der Waals surface area contributed by atoms with Crippen LogP contribution in [-0.4, -0.2) is 68.3 Å². The minimum Gasteiger partial charge on any atom is -0.339 e. The molecule has 1 aliphatic carbocycles.